The lowest BCUT2D eigenvalue weighted by molar-refractivity contribution is -0.120. The SMILES string of the molecule is Cc1cccnc1-n1c(SC(C)C(=O)NC2CC2)nc2ccccc2c1=O. The highest BCUT2D eigenvalue weighted by atomic mass is 32.2. The first kappa shape index (κ1) is 17.7. The van der Waals surface area contributed by atoms with Crippen molar-refractivity contribution in [3.8, 4) is 5.82 Å². The fourth-order valence-corrected chi connectivity index (χ4v) is 3.76. The van der Waals surface area contributed by atoms with Crippen molar-refractivity contribution in [1.29, 1.82) is 0 Å². The van der Waals surface area contributed by atoms with Crippen LogP contribution in [0.2, 0.25) is 0 Å². The van der Waals surface area contributed by atoms with Crippen LogP contribution in [0.15, 0.2) is 52.5 Å². The van der Waals surface area contributed by atoms with E-state index in [0.29, 0.717) is 27.9 Å². The van der Waals surface area contributed by atoms with Crippen molar-refractivity contribution < 1.29 is 4.79 Å². The van der Waals surface area contributed by atoms with Crippen LogP contribution in [0.4, 0.5) is 0 Å². The number of para-hydroxylation sites is 1. The van der Waals surface area contributed by atoms with Crippen LogP contribution in [0.5, 0.6) is 0 Å². The number of aryl methyl sites for hydroxylation is 1. The average molecular weight is 380 g/mol. The largest absolute Gasteiger partial charge is 0.352 e. The Morgan fingerprint density at radius 3 is 2.78 bits per heavy atom. The molecule has 1 saturated carbocycles. The minimum Gasteiger partial charge on any atom is -0.352 e. The minimum atomic E-state index is -0.367. The number of thioether (sulfide) groups is 1. The van der Waals surface area contributed by atoms with Gasteiger partial charge in [0.1, 0.15) is 5.82 Å². The smallest absolute Gasteiger partial charge is 0.267 e. The summed E-state index contributed by atoms with van der Waals surface area (Å²) in [5.41, 5.74) is 1.30. The van der Waals surface area contributed by atoms with E-state index in [9.17, 15) is 9.59 Å². The first-order chi connectivity index (χ1) is 13.0. The summed E-state index contributed by atoms with van der Waals surface area (Å²) in [7, 11) is 0. The van der Waals surface area contributed by atoms with E-state index in [1.807, 2.05) is 44.2 Å². The van der Waals surface area contributed by atoms with Gasteiger partial charge >= 0.3 is 0 Å². The Bertz CT molecular complexity index is 1080. The number of pyridine rings is 1. The summed E-state index contributed by atoms with van der Waals surface area (Å²) >= 11 is 1.28. The molecule has 0 radical (unpaired) electrons. The number of benzene rings is 1. The van der Waals surface area contributed by atoms with E-state index >= 15 is 0 Å². The lowest BCUT2D eigenvalue weighted by Gasteiger charge is -2.16. The second kappa shape index (κ2) is 7.15. The van der Waals surface area contributed by atoms with Crippen molar-refractivity contribution >= 4 is 28.6 Å². The summed E-state index contributed by atoms with van der Waals surface area (Å²) in [6, 6.07) is 11.3. The summed E-state index contributed by atoms with van der Waals surface area (Å²) < 4.78 is 1.52. The van der Waals surface area contributed by atoms with Crippen molar-refractivity contribution in [3.05, 3.63) is 58.5 Å². The van der Waals surface area contributed by atoms with Crippen LogP contribution in [0, 0.1) is 6.92 Å². The van der Waals surface area contributed by atoms with Gasteiger partial charge in [-0.25, -0.2) is 14.5 Å². The molecule has 2 heterocycles. The third kappa shape index (κ3) is 3.60. The second-order valence-corrected chi connectivity index (χ2v) is 8.05. The molecule has 1 aliphatic rings. The molecule has 1 aromatic carbocycles. The maximum atomic E-state index is 13.2. The molecule has 7 heteroatoms. The fraction of sp³-hybridized carbons (Fsp3) is 0.300. The monoisotopic (exact) mass is 380 g/mol. The molecule has 1 aliphatic carbocycles. The molecule has 138 valence electrons. The second-order valence-electron chi connectivity index (χ2n) is 6.74. The number of nitrogens with one attached hydrogen (secondary N) is 1. The summed E-state index contributed by atoms with van der Waals surface area (Å²) in [5.74, 6) is 0.507. The highest BCUT2D eigenvalue weighted by Gasteiger charge is 2.27. The van der Waals surface area contributed by atoms with E-state index in [-0.39, 0.29) is 16.7 Å². The molecule has 1 atom stereocenters. The number of hydrogen-bond donors (Lipinski definition) is 1. The van der Waals surface area contributed by atoms with Gasteiger partial charge in [0.05, 0.1) is 16.2 Å². The van der Waals surface area contributed by atoms with Crippen molar-refractivity contribution in [2.24, 2.45) is 0 Å². The van der Waals surface area contributed by atoms with Crippen molar-refractivity contribution in [2.75, 3.05) is 0 Å². The highest BCUT2D eigenvalue weighted by Crippen LogP contribution is 2.26. The Balaban J connectivity index is 1.82. The zero-order valence-electron chi connectivity index (χ0n) is 15.2. The maximum absolute atomic E-state index is 13.2. The topological polar surface area (TPSA) is 76.9 Å². The molecule has 6 nitrogen and oxygen atoms in total. The Hall–Kier alpha value is -2.67. The van der Waals surface area contributed by atoms with Gasteiger partial charge in [-0.15, -0.1) is 0 Å². The first-order valence-electron chi connectivity index (χ1n) is 8.95. The lowest BCUT2D eigenvalue weighted by Crippen LogP contribution is -2.33. The zero-order chi connectivity index (χ0) is 19.0. The molecule has 0 spiro atoms. The lowest BCUT2D eigenvalue weighted by atomic mass is 10.2. The number of carbonyl (C=O) groups excluding carboxylic acids is 1. The number of aromatic nitrogens is 3. The van der Waals surface area contributed by atoms with Gasteiger partial charge in [0, 0.05) is 12.2 Å². The Labute approximate surface area is 161 Å². The quantitative estimate of drug-likeness (QED) is 0.544. The number of carbonyl (C=O) groups is 1. The summed E-state index contributed by atoms with van der Waals surface area (Å²) in [6.45, 7) is 3.74. The summed E-state index contributed by atoms with van der Waals surface area (Å²) in [6.07, 6.45) is 3.73. The number of rotatable bonds is 5. The fourth-order valence-electron chi connectivity index (χ4n) is 2.85. The van der Waals surface area contributed by atoms with Gasteiger partial charge < -0.3 is 5.32 Å². The molecule has 1 unspecified atom stereocenters. The van der Waals surface area contributed by atoms with Gasteiger partial charge in [-0.3, -0.25) is 9.59 Å². The maximum Gasteiger partial charge on any atom is 0.267 e. The molecule has 3 aromatic rings. The standard InChI is InChI=1S/C20H20N4O2S/c1-12-6-5-11-21-17(12)24-19(26)15-7-3-4-8-16(15)23-20(24)27-13(2)18(25)22-14-9-10-14/h3-8,11,13-14H,9-10H2,1-2H3,(H,22,25). The molecule has 0 aliphatic heterocycles. The van der Waals surface area contributed by atoms with Gasteiger partial charge in [0.25, 0.3) is 5.56 Å². The van der Waals surface area contributed by atoms with Crippen LogP contribution in [0.25, 0.3) is 16.7 Å². The Kier molecular flexibility index (Phi) is 4.70. The molecular formula is C20H20N4O2S. The average Bonchev–Trinajstić information content (AvgIpc) is 3.47. The van der Waals surface area contributed by atoms with E-state index in [4.69, 9.17) is 0 Å². The molecular weight excluding hydrogens is 360 g/mol. The van der Waals surface area contributed by atoms with Crippen molar-refractivity contribution in [3.63, 3.8) is 0 Å². The molecule has 2 aromatic heterocycles. The minimum absolute atomic E-state index is 0.0331. The van der Waals surface area contributed by atoms with Crippen LogP contribution < -0.4 is 10.9 Å². The molecule has 0 saturated heterocycles. The van der Waals surface area contributed by atoms with E-state index in [0.717, 1.165) is 18.4 Å². The molecule has 1 amide bonds. The number of amides is 1. The van der Waals surface area contributed by atoms with Gasteiger partial charge in [-0.1, -0.05) is 30.0 Å². The van der Waals surface area contributed by atoms with E-state index < -0.39 is 0 Å². The molecule has 1 N–H and O–H groups in total. The third-order valence-corrected chi connectivity index (χ3v) is 5.57. The Morgan fingerprint density at radius 1 is 1.26 bits per heavy atom. The zero-order valence-corrected chi connectivity index (χ0v) is 16.0. The van der Waals surface area contributed by atoms with Gasteiger partial charge in [0.2, 0.25) is 5.91 Å². The normalized spacial score (nSPS) is 14.9. The molecule has 27 heavy (non-hydrogen) atoms. The molecule has 0 bridgehead atoms. The van der Waals surface area contributed by atoms with Gasteiger partial charge in [-0.2, -0.15) is 0 Å². The summed E-state index contributed by atoms with van der Waals surface area (Å²) in [5, 5.41) is 3.64. The summed E-state index contributed by atoms with van der Waals surface area (Å²) in [4.78, 5) is 34.7. The highest BCUT2D eigenvalue weighted by molar-refractivity contribution is 8.00. The van der Waals surface area contributed by atoms with Crippen LogP contribution in [-0.2, 0) is 4.79 Å². The van der Waals surface area contributed by atoms with E-state index in [2.05, 4.69) is 15.3 Å². The van der Waals surface area contributed by atoms with Crippen LogP contribution in [0.3, 0.4) is 0 Å². The first-order valence-corrected chi connectivity index (χ1v) is 9.83. The van der Waals surface area contributed by atoms with Crippen molar-refractivity contribution in [2.45, 2.75) is 43.1 Å². The molecule has 1 fully saturated rings. The number of hydrogen-bond acceptors (Lipinski definition) is 5. The van der Waals surface area contributed by atoms with Gasteiger partial charge in [-0.05, 0) is 50.5 Å². The van der Waals surface area contributed by atoms with Crippen LogP contribution >= 0.6 is 11.8 Å². The molecule has 4 rings (SSSR count). The predicted octanol–water partition coefficient (Wildman–Crippen LogP) is 2.85. The third-order valence-electron chi connectivity index (χ3n) is 4.51. The number of fused-ring (bicyclic) bond motifs is 1. The number of nitrogens with zero attached hydrogens (tertiary/aromatic N) is 3. The van der Waals surface area contributed by atoms with Crippen LogP contribution in [-0.4, -0.2) is 31.7 Å². The van der Waals surface area contributed by atoms with Gasteiger partial charge in [0.15, 0.2) is 5.16 Å². The van der Waals surface area contributed by atoms with Crippen molar-refractivity contribution in [1.82, 2.24) is 19.9 Å². The van der Waals surface area contributed by atoms with E-state index in [1.165, 1.54) is 16.3 Å². The predicted molar refractivity (Wildman–Crippen MR) is 106 cm³/mol. The Morgan fingerprint density at radius 2 is 2.04 bits per heavy atom. The van der Waals surface area contributed by atoms with Crippen LogP contribution in [0.1, 0.15) is 25.3 Å². The van der Waals surface area contributed by atoms with E-state index in [1.54, 1.807) is 12.3 Å².